The number of hydrogen-bond donors (Lipinski definition) is 2. The van der Waals surface area contributed by atoms with Gasteiger partial charge < -0.3 is 10.1 Å². The summed E-state index contributed by atoms with van der Waals surface area (Å²) in [4.78, 5) is 7.43. The molecule has 2 N–H and O–H groups in total. The average molecular weight is 231 g/mol. The van der Waals surface area contributed by atoms with Crippen molar-refractivity contribution >= 4 is 15.9 Å². The van der Waals surface area contributed by atoms with Gasteiger partial charge in [-0.05, 0) is 28.8 Å². The predicted molar refractivity (Wildman–Crippen MR) is 48.8 cm³/mol. The molecule has 66 valence electrons. The van der Waals surface area contributed by atoms with E-state index in [4.69, 9.17) is 5.11 Å². The van der Waals surface area contributed by atoms with Gasteiger partial charge in [-0.15, -0.1) is 0 Å². The fraction of sp³-hybridized carbons (Fsp3) is 0.625. The number of nitrogens with zero attached hydrogens (tertiary/aromatic N) is 1. The van der Waals surface area contributed by atoms with Gasteiger partial charge in [0.05, 0.1) is 12.3 Å². The molecule has 0 atom stereocenters. The molecule has 12 heavy (non-hydrogen) atoms. The summed E-state index contributed by atoms with van der Waals surface area (Å²) >= 11 is 3.30. The number of imidazole rings is 1. The molecule has 1 aromatic heterocycles. The van der Waals surface area contributed by atoms with Crippen LogP contribution in [0.4, 0.5) is 0 Å². The molecule has 0 saturated heterocycles. The van der Waals surface area contributed by atoms with Crippen molar-refractivity contribution in [3.05, 3.63) is 16.1 Å². The second kappa shape index (κ2) is 3.18. The number of aliphatic hydroxyl groups excluding tert-OH is 1. The van der Waals surface area contributed by atoms with E-state index in [1.807, 2.05) is 0 Å². The van der Waals surface area contributed by atoms with Crippen LogP contribution in [0.5, 0.6) is 0 Å². The van der Waals surface area contributed by atoms with Crippen LogP contribution >= 0.6 is 15.9 Å². The largest absolute Gasteiger partial charge is 0.390 e. The number of aromatic amines is 1. The van der Waals surface area contributed by atoms with Gasteiger partial charge in [-0.3, -0.25) is 0 Å². The van der Waals surface area contributed by atoms with Gasteiger partial charge >= 0.3 is 0 Å². The number of nitrogens with one attached hydrogen (secondary N) is 1. The topological polar surface area (TPSA) is 48.9 Å². The quantitative estimate of drug-likeness (QED) is 0.816. The summed E-state index contributed by atoms with van der Waals surface area (Å²) in [5, 5.41) is 8.90. The lowest BCUT2D eigenvalue weighted by atomic mass is 9.85. The first kappa shape index (κ1) is 8.26. The number of halogens is 1. The molecule has 0 aliphatic heterocycles. The minimum atomic E-state index is 0.0281. The van der Waals surface area contributed by atoms with Gasteiger partial charge in [-0.2, -0.15) is 0 Å². The van der Waals surface area contributed by atoms with Crippen LogP contribution in [-0.2, 0) is 6.61 Å². The van der Waals surface area contributed by atoms with Gasteiger partial charge in [-0.1, -0.05) is 6.42 Å². The van der Waals surface area contributed by atoms with Gasteiger partial charge in [0.15, 0.2) is 0 Å². The minimum Gasteiger partial charge on any atom is -0.390 e. The molecule has 1 aliphatic carbocycles. The van der Waals surface area contributed by atoms with Crippen LogP contribution in [-0.4, -0.2) is 15.1 Å². The van der Waals surface area contributed by atoms with Crippen LogP contribution < -0.4 is 0 Å². The number of aliphatic hydroxyl groups is 1. The van der Waals surface area contributed by atoms with Crippen molar-refractivity contribution in [3.63, 3.8) is 0 Å². The molecule has 0 bridgehead atoms. The van der Waals surface area contributed by atoms with Crippen molar-refractivity contribution in [2.24, 2.45) is 0 Å². The second-order valence-electron chi connectivity index (χ2n) is 3.18. The molecule has 1 aliphatic rings. The van der Waals surface area contributed by atoms with Crippen molar-refractivity contribution in [2.45, 2.75) is 31.8 Å². The number of H-pyrrole nitrogens is 1. The molecule has 4 heteroatoms. The molecule has 0 radical (unpaired) electrons. The summed E-state index contributed by atoms with van der Waals surface area (Å²) in [5.74, 6) is 1.62. The van der Waals surface area contributed by atoms with E-state index in [0.717, 1.165) is 16.1 Å². The summed E-state index contributed by atoms with van der Waals surface area (Å²) in [6.45, 7) is 0.0281. The molecule has 0 spiro atoms. The summed E-state index contributed by atoms with van der Waals surface area (Å²) in [7, 11) is 0. The lowest BCUT2D eigenvalue weighted by Crippen LogP contribution is -2.10. The van der Waals surface area contributed by atoms with Gasteiger partial charge in [0, 0.05) is 5.92 Å². The summed E-state index contributed by atoms with van der Waals surface area (Å²) < 4.78 is 0.756. The summed E-state index contributed by atoms with van der Waals surface area (Å²) in [5.41, 5.74) is 0.789. The number of aromatic nitrogens is 2. The molecule has 0 aromatic carbocycles. The highest BCUT2D eigenvalue weighted by Gasteiger charge is 2.23. The van der Waals surface area contributed by atoms with Crippen molar-refractivity contribution in [1.29, 1.82) is 0 Å². The second-order valence-corrected chi connectivity index (χ2v) is 3.93. The zero-order valence-electron chi connectivity index (χ0n) is 6.68. The predicted octanol–water partition coefficient (Wildman–Crippen LogP) is 1.93. The van der Waals surface area contributed by atoms with E-state index in [1.54, 1.807) is 0 Å². The van der Waals surface area contributed by atoms with Crippen LogP contribution in [0.25, 0.3) is 0 Å². The molecule has 0 unspecified atom stereocenters. The molecule has 1 saturated carbocycles. The first-order chi connectivity index (χ1) is 5.81. The van der Waals surface area contributed by atoms with Crippen molar-refractivity contribution in [3.8, 4) is 0 Å². The van der Waals surface area contributed by atoms with Crippen LogP contribution in [0, 0.1) is 0 Å². The number of hydrogen-bond acceptors (Lipinski definition) is 2. The highest BCUT2D eigenvalue weighted by atomic mass is 79.9. The van der Waals surface area contributed by atoms with E-state index in [9.17, 15) is 0 Å². The maximum absolute atomic E-state index is 8.90. The first-order valence-corrected chi connectivity index (χ1v) is 4.95. The third-order valence-electron chi connectivity index (χ3n) is 2.40. The lowest BCUT2D eigenvalue weighted by Gasteiger charge is -2.22. The number of rotatable bonds is 2. The summed E-state index contributed by atoms with van der Waals surface area (Å²) in [6.07, 6.45) is 3.76. The van der Waals surface area contributed by atoms with Gasteiger partial charge in [-0.25, -0.2) is 4.98 Å². The first-order valence-electron chi connectivity index (χ1n) is 4.16. The molecule has 1 heterocycles. The molecule has 0 amide bonds. The Bertz CT molecular complexity index is 281. The van der Waals surface area contributed by atoms with E-state index < -0.39 is 0 Å². The molecular formula is C8H11BrN2O. The Morgan fingerprint density at radius 1 is 1.58 bits per heavy atom. The fourth-order valence-corrected chi connectivity index (χ4v) is 1.80. The van der Waals surface area contributed by atoms with Crippen molar-refractivity contribution < 1.29 is 5.11 Å². The SMILES string of the molecule is OCc1[nH]c(C2CCC2)nc1Br. The monoisotopic (exact) mass is 230 g/mol. The van der Waals surface area contributed by atoms with E-state index in [0.29, 0.717) is 5.92 Å². The van der Waals surface area contributed by atoms with Gasteiger partial charge in [0.2, 0.25) is 0 Å². The maximum atomic E-state index is 8.90. The van der Waals surface area contributed by atoms with E-state index in [1.165, 1.54) is 19.3 Å². The van der Waals surface area contributed by atoms with E-state index in [2.05, 4.69) is 25.9 Å². The highest BCUT2D eigenvalue weighted by Crippen LogP contribution is 2.35. The van der Waals surface area contributed by atoms with Gasteiger partial charge in [0.1, 0.15) is 10.4 Å². The zero-order chi connectivity index (χ0) is 8.55. The molecule has 1 fully saturated rings. The van der Waals surface area contributed by atoms with Crippen molar-refractivity contribution in [2.75, 3.05) is 0 Å². The highest BCUT2D eigenvalue weighted by molar-refractivity contribution is 9.10. The van der Waals surface area contributed by atoms with Crippen LogP contribution in [0.2, 0.25) is 0 Å². The molecule has 2 rings (SSSR count). The fourth-order valence-electron chi connectivity index (χ4n) is 1.39. The van der Waals surface area contributed by atoms with E-state index in [-0.39, 0.29) is 6.61 Å². The Labute approximate surface area is 79.3 Å². The Hall–Kier alpha value is -0.350. The zero-order valence-corrected chi connectivity index (χ0v) is 8.26. The van der Waals surface area contributed by atoms with Gasteiger partial charge in [0.25, 0.3) is 0 Å². The molecule has 3 nitrogen and oxygen atoms in total. The van der Waals surface area contributed by atoms with E-state index >= 15 is 0 Å². The molecule has 1 aromatic rings. The Morgan fingerprint density at radius 2 is 2.33 bits per heavy atom. The lowest BCUT2D eigenvalue weighted by molar-refractivity contribution is 0.276. The Kier molecular flexibility index (Phi) is 2.19. The van der Waals surface area contributed by atoms with Crippen molar-refractivity contribution in [1.82, 2.24) is 9.97 Å². The van der Waals surface area contributed by atoms with Crippen LogP contribution in [0.3, 0.4) is 0 Å². The third kappa shape index (κ3) is 1.29. The van der Waals surface area contributed by atoms with Crippen LogP contribution in [0.15, 0.2) is 4.60 Å². The van der Waals surface area contributed by atoms with Crippen LogP contribution in [0.1, 0.15) is 36.7 Å². The Morgan fingerprint density at radius 3 is 2.75 bits per heavy atom. The minimum absolute atomic E-state index is 0.0281. The smallest absolute Gasteiger partial charge is 0.129 e. The average Bonchev–Trinajstić information content (AvgIpc) is 2.27. The standard InChI is InChI=1S/C8H11BrN2O/c9-7-6(4-12)10-8(11-7)5-2-1-3-5/h5,12H,1-4H2,(H,10,11). The summed E-state index contributed by atoms with van der Waals surface area (Å²) in [6, 6.07) is 0. The molecular weight excluding hydrogens is 220 g/mol. The Balaban J connectivity index is 2.21. The normalized spacial score (nSPS) is 17.8. The maximum Gasteiger partial charge on any atom is 0.129 e. The third-order valence-corrected chi connectivity index (χ3v) is 3.05.